The molecule has 0 saturated heterocycles. The molecule has 0 atom stereocenters. The maximum Gasteiger partial charge on any atom is 0.416 e. The molecule has 0 amide bonds. The summed E-state index contributed by atoms with van der Waals surface area (Å²) >= 11 is 0. The van der Waals surface area contributed by atoms with E-state index in [0.717, 1.165) is 12.1 Å². The third kappa shape index (κ3) is 2.01. The maximum absolute atomic E-state index is 12.6. The molecule has 2 aromatic rings. The van der Waals surface area contributed by atoms with Crippen LogP contribution >= 0.6 is 0 Å². The van der Waals surface area contributed by atoms with Gasteiger partial charge in [-0.1, -0.05) is 12.1 Å². The quantitative estimate of drug-likeness (QED) is 0.821. The standard InChI is InChI=1S/C12H10F3NO2/c1-6-10(17)9(11(16)18-6)7-3-2-4-8(5-7)12(13,14)15/h2-5,17H,16H2,1H3. The van der Waals surface area contributed by atoms with E-state index in [1.54, 1.807) is 0 Å². The van der Waals surface area contributed by atoms with E-state index in [4.69, 9.17) is 10.2 Å². The number of alkyl halides is 3. The zero-order chi connectivity index (χ0) is 13.5. The fourth-order valence-electron chi connectivity index (χ4n) is 1.69. The van der Waals surface area contributed by atoms with Gasteiger partial charge in [-0.05, 0) is 24.6 Å². The molecule has 0 fully saturated rings. The van der Waals surface area contributed by atoms with Crippen LogP contribution in [-0.4, -0.2) is 5.11 Å². The Labute approximate surface area is 101 Å². The average Bonchev–Trinajstić information content (AvgIpc) is 2.52. The van der Waals surface area contributed by atoms with Gasteiger partial charge in [0.25, 0.3) is 0 Å². The van der Waals surface area contributed by atoms with Crippen LogP contribution in [0.2, 0.25) is 0 Å². The number of halogens is 3. The first-order chi connectivity index (χ1) is 8.30. The molecule has 0 aliphatic heterocycles. The number of aryl methyl sites for hydroxylation is 1. The van der Waals surface area contributed by atoms with Gasteiger partial charge in [0.15, 0.2) is 5.75 Å². The molecule has 1 aromatic carbocycles. The van der Waals surface area contributed by atoms with E-state index in [0.29, 0.717) is 0 Å². The van der Waals surface area contributed by atoms with Crippen LogP contribution in [-0.2, 0) is 6.18 Å². The first-order valence-corrected chi connectivity index (χ1v) is 5.06. The highest BCUT2D eigenvalue weighted by Crippen LogP contribution is 2.41. The Morgan fingerprint density at radius 3 is 2.44 bits per heavy atom. The van der Waals surface area contributed by atoms with Crippen LogP contribution in [0.1, 0.15) is 11.3 Å². The van der Waals surface area contributed by atoms with Crippen LogP contribution in [0.3, 0.4) is 0 Å². The van der Waals surface area contributed by atoms with E-state index in [2.05, 4.69) is 0 Å². The summed E-state index contributed by atoms with van der Waals surface area (Å²) in [4.78, 5) is 0. The highest BCUT2D eigenvalue weighted by molar-refractivity contribution is 5.80. The van der Waals surface area contributed by atoms with Gasteiger partial charge in [0.2, 0.25) is 5.88 Å². The Balaban J connectivity index is 2.58. The monoisotopic (exact) mass is 257 g/mol. The maximum atomic E-state index is 12.6. The van der Waals surface area contributed by atoms with E-state index in [1.807, 2.05) is 0 Å². The van der Waals surface area contributed by atoms with E-state index in [-0.39, 0.29) is 28.5 Å². The van der Waals surface area contributed by atoms with Gasteiger partial charge in [-0.2, -0.15) is 13.2 Å². The number of hydrogen-bond donors (Lipinski definition) is 2. The first kappa shape index (κ1) is 12.3. The molecule has 0 spiro atoms. The van der Waals surface area contributed by atoms with Crippen LogP contribution in [0.25, 0.3) is 11.1 Å². The molecule has 1 heterocycles. The smallest absolute Gasteiger partial charge is 0.416 e. The number of nitrogens with two attached hydrogens (primary N) is 1. The van der Waals surface area contributed by atoms with Gasteiger partial charge in [-0.25, -0.2) is 0 Å². The van der Waals surface area contributed by atoms with Gasteiger partial charge in [0, 0.05) is 0 Å². The third-order valence-corrected chi connectivity index (χ3v) is 2.56. The molecule has 0 saturated carbocycles. The summed E-state index contributed by atoms with van der Waals surface area (Å²) in [5.74, 6) is -0.184. The zero-order valence-electron chi connectivity index (χ0n) is 9.38. The molecular weight excluding hydrogens is 247 g/mol. The largest absolute Gasteiger partial charge is 0.504 e. The lowest BCUT2D eigenvalue weighted by Gasteiger charge is -2.08. The van der Waals surface area contributed by atoms with Crippen molar-refractivity contribution in [3.8, 4) is 16.9 Å². The van der Waals surface area contributed by atoms with E-state index in [1.165, 1.54) is 19.1 Å². The minimum Gasteiger partial charge on any atom is -0.504 e. The third-order valence-electron chi connectivity index (χ3n) is 2.56. The lowest BCUT2D eigenvalue weighted by atomic mass is 10.0. The number of furan rings is 1. The van der Waals surface area contributed by atoms with Gasteiger partial charge in [-0.15, -0.1) is 0 Å². The number of benzene rings is 1. The lowest BCUT2D eigenvalue weighted by molar-refractivity contribution is -0.137. The van der Waals surface area contributed by atoms with Crippen molar-refractivity contribution >= 4 is 5.88 Å². The van der Waals surface area contributed by atoms with Crippen LogP contribution in [0.15, 0.2) is 28.7 Å². The van der Waals surface area contributed by atoms with Crippen molar-refractivity contribution in [2.45, 2.75) is 13.1 Å². The van der Waals surface area contributed by atoms with Crippen LogP contribution in [0.5, 0.6) is 5.75 Å². The van der Waals surface area contributed by atoms with E-state index in [9.17, 15) is 18.3 Å². The first-order valence-electron chi connectivity index (χ1n) is 5.06. The lowest BCUT2D eigenvalue weighted by Crippen LogP contribution is -2.04. The molecule has 3 nitrogen and oxygen atoms in total. The second-order valence-electron chi connectivity index (χ2n) is 3.82. The van der Waals surface area contributed by atoms with E-state index < -0.39 is 11.7 Å². The van der Waals surface area contributed by atoms with Gasteiger partial charge in [0.1, 0.15) is 5.76 Å². The summed E-state index contributed by atoms with van der Waals surface area (Å²) in [6.07, 6.45) is -4.45. The highest BCUT2D eigenvalue weighted by Gasteiger charge is 2.31. The number of hydrogen-bond acceptors (Lipinski definition) is 3. The molecule has 0 aliphatic rings. The van der Waals surface area contributed by atoms with Gasteiger partial charge in [0.05, 0.1) is 11.1 Å². The second-order valence-corrected chi connectivity index (χ2v) is 3.82. The number of rotatable bonds is 1. The minimum atomic E-state index is -4.45. The molecule has 0 bridgehead atoms. The fourth-order valence-corrected chi connectivity index (χ4v) is 1.69. The second kappa shape index (κ2) is 3.97. The van der Waals surface area contributed by atoms with Gasteiger partial charge < -0.3 is 15.3 Å². The van der Waals surface area contributed by atoms with Gasteiger partial charge in [-0.3, -0.25) is 0 Å². The summed E-state index contributed by atoms with van der Waals surface area (Å²) in [6.45, 7) is 1.48. The molecule has 1 aromatic heterocycles. The summed E-state index contributed by atoms with van der Waals surface area (Å²) in [5.41, 5.74) is 4.96. The molecule has 96 valence electrons. The van der Waals surface area contributed by atoms with Crippen molar-refractivity contribution < 1.29 is 22.7 Å². The number of aromatic hydroxyl groups is 1. The fraction of sp³-hybridized carbons (Fsp3) is 0.167. The Kier molecular flexibility index (Phi) is 2.73. The SMILES string of the molecule is Cc1oc(N)c(-c2cccc(C(F)(F)F)c2)c1O. The average molecular weight is 257 g/mol. The topological polar surface area (TPSA) is 59.4 Å². The minimum absolute atomic E-state index is 0.0820. The van der Waals surface area contributed by atoms with Crippen molar-refractivity contribution in [2.24, 2.45) is 0 Å². The predicted molar refractivity (Wildman–Crippen MR) is 60.0 cm³/mol. The summed E-state index contributed by atoms with van der Waals surface area (Å²) < 4.78 is 42.7. The van der Waals surface area contributed by atoms with Crippen molar-refractivity contribution in [1.82, 2.24) is 0 Å². The molecule has 3 N–H and O–H groups in total. The number of anilines is 1. The summed E-state index contributed by atoms with van der Waals surface area (Å²) in [6, 6.07) is 4.54. The molecule has 18 heavy (non-hydrogen) atoms. The van der Waals surface area contributed by atoms with Crippen LogP contribution in [0.4, 0.5) is 19.1 Å². The van der Waals surface area contributed by atoms with Crippen molar-refractivity contribution in [3.63, 3.8) is 0 Å². The molecule has 0 aliphatic carbocycles. The predicted octanol–water partition coefficient (Wildman–Crippen LogP) is 3.56. The Morgan fingerprint density at radius 2 is 1.94 bits per heavy atom. The summed E-state index contributed by atoms with van der Waals surface area (Å²) in [5, 5.41) is 9.71. The Bertz CT molecular complexity index is 587. The normalized spacial score (nSPS) is 11.8. The zero-order valence-corrected chi connectivity index (χ0v) is 9.38. The Morgan fingerprint density at radius 1 is 1.28 bits per heavy atom. The highest BCUT2D eigenvalue weighted by atomic mass is 19.4. The molecule has 6 heteroatoms. The van der Waals surface area contributed by atoms with Crippen molar-refractivity contribution in [1.29, 1.82) is 0 Å². The van der Waals surface area contributed by atoms with Crippen molar-refractivity contribution in [3.05, 3.63) is 35.6 Å². The molecule has 0 unspecified atom stereocenters. The van der Waals surface area contributed by atoms with Crippen LogP contribution < -0.4 is 5.73 Å². The van der Waals surface area contributed by atoms with E-state index >= 15 is 0 Å². The molecule has 0 radical (unpaired) electrons. The molecular formula is C12H10F3NO2. The summed E-state index contributed by atoms with van der Waals surface area (Å²) in [7, 11) is 0. The van der Waals surface area contributed by atoms with Crippen molar-refractivity contribution in [2.75, 3.05) is 5.73 Å². The van der Waals surface area contributed by atoms with Gasteiger partial charge >= 0.3 is 6.18 Å². The number of nitrogen functional groups attached to an aromatic ring is 1. The van der Waals surface area contributed by atoms with Crippen LogP contribution in [0, 0.1) is 6.92 Å². The Hall–Kier alpha value is -2.11. The molecule has 2 rings (SSSR count).